The van der Waals surface area contributed by atoms with Gasteiger partial charge in [0, 0.05) is 6.42 Å². The van der Waals surface area contributed by atoms with Crippen LogP contribution in [0, 0.1) is 0 Å². The van der Waals surface area contributed by atoms with Crippen LogP contribution < -0.4 is 5.32 Å². The van der Waals surface area contributed by atoms with Gasteiger partial charge in [0.2, 0.25) is 0 Å². The summed E-state index contributed by atoms with van der Waals surface area (Å²) in [6.07, 6.45) is 2.12. The highest BCUT2D eigenvalue weighted by Gasteiger charge is 1.98. The molecule has 0 saturated heterocycles. The summed E-state index contributed by atoms with van der Waals surface area (Å²) in [5.74, 6) is -0.708. The molecule has 0 aliphatic heterocycles. The Morgan fingerprint density at radius 3 is 2.33 bits per heavy atom. The average Bonchev–Trinajstić information content (AvgIpc) is 2.22. The molecule has 4 nitrogen and oxygen atoms in total. The SMILES string of the molecule is CCN(CC)CCCNCCCC(=O)O. The van der Waals surface area contributed by atoms with Crippen molar-refractivity contribution in [3.63, 3.8) is 0 Å². The monoisotopic (exact) mass is 216 g/mol. The average molecular weight is 216 g/mol. The van der Waals surface area contributed by atoms with Gasteiger partial charge in [0.05, 0.1) is 0 Å². The van der Waals surface area contributed by atoms with Gasteiger partial charge >= 0.3 is 5.97 Å². The molecular formula is C11H24N2O2. The summed E-state index contributed by atoms with van der Waals surface area (Å²) in [6.45, 7) is 9.47. The molecule has 0 saturated carbocycles. The van der Waals surface area contributed by atoms with Crippen molar-refractivity contribution >= 4 is 5.97 Å². The Bertz CT molecular complexity index is 159. The molecule has 0 aromatic carbocycles. The number of hydrogen-bond donors (Lipinski definition) is 2. The maximum Gasteiger partial charge on any atom is 0.303 e. The third kappa shape index (κ3) is 9.69. The fraction of sp³-hybridized carbons (Fsp3) is 0.909. The van der Waals surface area contributed by atoms with E-state index in [1.54, 1.807) is 0 Å². The molecule has 2 N–H and O–H groups in total. The van der Waals surface area contributed by atoms with E-state index in [2.05, 4.69) is 24.1 Å². The molecule has 0 bridgehead atoms. The van der Waals surface area contributed by atoms with E-state index in [0.29, 0.717) is 0 Å². The molecule has 90 valence electrons. The summed E-state index contributed by atoms with van der Waals surface area (Å²) in [4.78, 5) is 12.6. The minimum absolute atomic E-state index is 0.267. The summed E-state index contributed by atoms with van der Waals surface area (Å²) < 4.78 is 0. The van der Waals surface area contributed by atoms with Crippen LogP contribution in [0.4, 0.5) is 0 Å². The molecule has 4 heteroatoms. The number of hydrogen-bond acceptors (Lipinski definition) is 3. The van der Waals surface area contributed by atoms with E-state index in [-0.39, 0.29) is 6.42 Å². The van der Waals surface area contributed by atoms with Crippen molar-refractivity contribution < 1.29 is 9.90 Å². The van der Waals surface area contributed by atoms with Gasteiger partial charge in [-0.1, -0.05) is 13.8 Å². The predicted molar refractivity (Wildman–Crippen MR) is 62.1 cm³/mol. The van der Waals surface area contributed by atoms with Crippen molar-refractivity contribution in [3.8, 4) is 0 Å². The highest BCUT2D eigenvalue weighted by Crippen LogP contribution is 1.90. The number of carboxylic acid groups (broad SMARTS) is 1. The molecule has 0 amide bonds. The van der Waals surface area contributed by atoms with E-state index >= 15 is 0 Å². The lowest BCUT2D eigenvalue weighted by Crippen LogP contribution is -2.27. The molecule has 15 heavy (non-hydrogen) atoms. The third-order valence-electron chi connectivity index (χ3n) is 2.47. The van der Waals surface area contributed by atoms with Gasteiger partial charge in [-0.05, 0) is 45.6 Å². The molecule has 0 aliphatic rings. The van der Waals surface area contributed by atoms with Gasteiger partial charge < -0.3 is 15.3 Å². The van der Waals surface area contributed by atoms with Crippen LogP contribution in [0.5, 0.6) is 0 Å². The van der Waals surface area contributed by atoms with Gasteiger partial charge in [-0.15, -0.1) is 0 Å². The maximum atomic E-state index is 10.2. The first-order chi connectivity index (χ1) is 7.20. The highest BCUT2D eigenvalue weighted by molar-refractivity contribution is 5.66. The zero-order valence-corrected chi connectivity index (χ0v) is 9.96. The second kappa shape index (κ2) is 9.93. The standard InChI is InChI=1S/C11H24N2O2/c1-3-13(4-2)10-6-9-12-8-5-7-11(14)15/h12H,3-10H2,1-2H3,(H,14,15). The number of aliphatic carboxylic acids is 1. The van der Waals surface area contributed by atoms with Crippen LogP contribution in [0.2, 0.25) is 0 Å². The Hall–Kier alpha value is -0.610. The normalized spacial score (nSPS) is 10.9. The minimum atomic E-state index is -0.708. The van der Waals surface area contributed by atoms with Crippen LogP contribution in [-0.2, 0) is 4.79 Å². The van der Waals surface area contributed by atoms with Crippen LogP contribution in [-0.4, -0.2) is 48.7 Å². The molecule has 0 unspecified atom stereocenters. The molecule has 0 aromatic rings. The molecule has 0 aromatic heterocycles. The van der Waals surface area contributed by atoms with Crippen molar-refractivity contribution in [3.05, 3.63) is 0 Å². The molecule has 0 spiro atoms. The first-order valence-corrected chi connectivity index (χ1v) is 5.85. The lowest BCUT2D eigenvalue weighted by Gasteiger charge is -2.17. The van der Waals surface area contributed by atoms with E-state index in [9.17, 15) is 4.79 Å². The van der Waals surface area contributed by atoms with Crippen LogP contribution in [0.25, 0.3) is 0 Å². The predicted octanol–water partition coefficient (Wildman–Crippen LogP) is 1.17. The zero-order valence-electron chi connectivity index (χ0n) is 9.96. The van der Waals surface area contributed by atoms with Crippen LogP contribution >= 0.6 is 0 Å². The number of carbonyl (C=O) groups is 1. The van der Waals surface area contributed by atoms with Crippen molar-refractivity contribution in [1.82, 2.24) is 10.2 Å². The van der Waals surface area contributed by atoms with Gasteiger partial charge in [0.25, 0.3) is 0 Å². The van der Waals surface area contributed by atoms with E-state index in [1.807, 2.05) is 0 Å². The van der Waals surface area contributed by atoms with Gasteiger partial charge in [-0.3, -0.25) is 4.79 Å². The van der Waals surface area contributed by atoms with Crippen molar-refractivity contribution in [2.75, 3.05) is 32.7 Å². The largest absolute Gasteiger partial charge is 0.481 e. The molecule has 0 radical (unpaired) electrons. The second-order valence-corrected chi connectivity index (χ2v) is 3.63. The van der Waals surface area contributed by atoms with E-state index < -0.39 is 5.97 Å². The summed E-state index contributed by atoms with van der Waals surface area (Å²) in [7, 11) is 0. The third-order valence-corrected chi connectivity index (χ3v) is 2.47. The lowest BCUT2D eigenvalue weighted by molar-refractivity contribution is -0.137. The van der Waals surface area contributed by atoms with Gasteiger partial charge in [-0.25, -0.2) is 0 Å². The highest BCUT2D eigenvalue weighted by atomic mass is 16.4. The van der Waals surface area contributed by atoms with E-state index in [0.717, 1.165) is 45.6 Å². The van der Waals surface area contributed by atoms with E-state index in [1.165, 1.54) is 0 Å². The summed E-state index contributed by atoms with van der Waals surface area (Å²) >= 11 is 0. The number of nitrogens with one attached hydrogen (secondary N) is 1. The van der Waals surface area contributed by atoms with Crippen LogP contribution in [0.15, 0.2) is 0 Å². The molecule has 0 rings (SSSR count). The quantitative estimate of drug-likeness (QED) is 0.538. The molecule has 0 fully saturated rings. The maximum absolute atomic E-state index is 10.2. The molecule has 0 atom stereocenters. The van der Waals surface area contributed by atoms with Crippen molar-refractivity contribution in [1.29, 1.82) is 0 Å². The number of nitrogens with zero attached hydrogens (tertiary/aromatic N) is 1. The number of rotatable bonds is 10. The molecule has 0 heterocycles. The summed E-state index contributed by atoms with van der Waals surface area (Å²) in [5.41, 5.74) is 0. The Balaban J connectivity index is 3.14. The Labute approximate surface area is 92.7 Å². The van der Waals surface area contributed by atoms with Gasteiger partial charge in [0.15, 0.2) is 0 Å². The summed E-state index contributed by atoms with van der Waals surface area (Å²) in [6, 6.07) is 0. The van der Waals surface area contributed by atoms with Gasteiger partial charge in [0.1, 0.15) is 0 Å². The summed E-state index contributed by atoms with van der Waals surface area (Å²) in [5, 5.41) is 11.7. The Morgan fingerprint density at radius 2 is 1.80 bits per heavy atom. The molecule has 0 aliphatic carbocycles. The van der Waals surface area contributed by atoms with Crippen molar-refractivity contribution in [2.45, 2.75) is 33.1 Å². The minimum Gasteiger partial charge on any atom is -0.481 e. The Morgan fingerprint density at radius 1 is 1.20 bits per heavy atom. The topological polar surface area (TPSA) is 52.6 Å². The first-order valence-electron chi connectivity index (χ1n) is 5.85. The first kappa shape index (κ1) is 14.4. The van der Waals surface area contributed by atoms with Crippen LogP contribution in [0.3, 0.4) is 0 Å². The Kier molecular flexibility index (Phi) is 9.52. The number of carboxylic acids is 1. The smallest absolute Gasteiger partial charge is 0.303 e. The lowest BCUT2D eigenvalue weighted by atomic mass is 10.3. The molecular weight excluding hydrogens is 192 g/mol. The van der Waals surface area contributed by atoms with Crippen LogP contribution in [0.1, 0.15) is 33.1 Å². The van der Waals surface area contributed by atoms with Gasteiger partial charge in [-0.2, -0.15) is 0 Å². The van der Waals surface area contributed by atoms with Crippen molar-refractivity contribution in [2.24, 2.45) is 0 Å². The van der Waals surface area contributed by atoms with E-state index in [4.69, 9.17) is 5.11 Å². The second-order valence-electron chi connectivity index (χ2n) is 3.63. The fourth-order valence-corrected chi connectivity index (χ4v) is 1.46. The fourth-order valence-electron chi connectivity index (χ4n) is 1.46. The zero-order chi connectivity index (χ0) is 11.5.